The van der Waals surface area contributed by atoms with Crippen molar-refractivity contribution in [3.8, 4) is 11.4 Å². The predicted molar refractivity (Wildman–Crippen MR) is 117 cm³/mol. The normalized spacial score (nSPS) is 22.1. The van der Waals surface area contributed by atoms with Crippen molar-refractivity contribution in [1.29, 1.82) is 0 Å². The lowest BCUT2D eigenvalue weighted by atomic mass is 9.95. The fourth-order valence-electron chi connectivity index (χ4n) is 4.15. The summed E-state index contributed by atoms with van der Waals surface area (Å²) in [5.74, 6) is -0.487. The maximum Gasteiger partial charge on any atom is 0.242 e. The number of piperidine rings is 1. The molecule has 2 saturated heterocycles. The van der Waals surface area contributed by atoms with Crippen LogP contribution in [0.5, 0.6) is 0 Å². The molecule has 0 spiro atoms. The Balaban J connectivity index is 1.91. The first-order valence-corrected chi connectivity index (χ1v) is 13.3. The number of nitrogens with one attached hydrogen (secondary N) is 3. The Bertz CT molecular complexity index is 1240. The third-order valence-corrected chi connectivity index (χ3v) is 8.46. The third-order valence-electron chi connectivity index (χ3n) is 5.77. The lowest BCUT2D eigenvalue weighted by Crippen LogP contribution is -2.41. The number of sulfonamides is 2. The number of carbonyl (C=O) groups excluding carboxylic acids is 1. The molecule has 1 aromatic heterocycles. The lowest BCUT2D eigenvalue weighted by molar-refractivity contribution is -0.120. The zero-order chi connectivity index (χ0) is 23.8. The number of carbonyl (C=O) groups is 1. The minimum absolute atomic E-state index is 0.00367. The molecule has 16 heteroatoms. The molecule has 33 heavy (non-hydrogen) atoms. The van der Waals surface area contributed by atoms with Gasteiger partial charge in [0, 0.05) is 25.6 Å². The molecule has 7 N–H and O–H groups in total. The number of hydrogen-bond acceptors (Lipinski definition) is 10. The number of aromatic nitrogens is 4. The van der Waals surface area contributed by atoms with Crippen LogP contribution in [-0.2, 0) is 24.8 Å². The van der Waals surface area contributed by atoms with E-state index in [9.17, 15) is 21.6 Å². The molecule has 2 aliphatic rings. The van der Waals surface area contributed by atoms with E-state index in [1.807, 2.05) is 0 Å². The van der Waals surface area contributed by atoms with Crippen LogP contribution >= 0.6 is 0 Å². The summed E-state index contributed by atoms with van der Waals surface area (Å²) in [6.07, 6.45) is 1.31. The molecule has 2 aliphatic heterocycles. The van der Waals surface area contributed by atoms with E-state index in [4.69, 9.17) is 10.9 Å². The summed E-state index contributed by atoms with van der Waals surface area (Å²) in [4.78, 5) is 13.0. The summed E-state index contributed by atoms with van der Waals surface area (Å²) in [5, 5.41) is 21.9. The van der Waals surface area contributed by atoms with E-state index in [0.29, 0.717) is 32.5 Å². The molecule has 3 heterocycles. The molecule has 2 fully saturated rings. The number of H-pyrrole nitrogens is 1. The van der Waals surface area contributed by atoms with E-state index in [1.165, 1.54) is 11.0 Å². The monoisotopic (exact) mass is 499 g/mol. The first-order chi connectivity index (χ1) is 15.6. The van der Waals surface area contributed by atoms with Crippen molar-refractivity contribution in [2.75, 3.05) is 31.1 Å². The maximum absolute atomic E-state index is 13.2. The van der Waals surface area contributed by atoms with Crippen LogP contribution in [0.2, 0.25) is 0 Å². The van der Waals surface area contributed by atoms with Gasteiger partial charge in [-0.3, -0.25) is 4.79 Å². The van der Waals surface area contributed by atoms with E-state index in [-0.39, 0.29) is 41.9 Å². The van der Waals surface area contributed by atoms with Crippen molar-refractivity contribution in [2.45, 2.75) is 35.1 Å². The minimum atomic E-state index is -4.62. The molecule has 1 aromatic carbocycles. The van der Waals surface area contributed by atoms with Crippen LogP contribution in [0.25, 0.3) is 11.4 Å². The Kier molecular flexibility index (Phi) is 6.47. The second kappa shape index (κ2) is 9.03. The average molecular weight is 500 g/mol. The Morgan fingerprint density at radius 2 is 2.00 bits per heavy atom. The zero-order valence-corrected chi connectivity index (χ0v) is 19.2. The molecule has 0 saturated carbocycles. The van der Waals surface area contributed by atoms with E-state index in [1.54, 1.807) is 0 Å². The molecule has 14 nitrogen and oxygen atoms in total. The number of nitrogens with zero attached hydrogens (tertiary/aromatic N) is 4. The lowest BCUT2D eigenvalue weighted by Gasteiger charge is -2.32. The highest BCUT2D eigenvalue weighted by Gasteiger charge is 2.36. The fraction of sp³-hybridized carbons (Fsp3) is 0.529. The smallest absolute Gasteiger partial charge is 0.242 e. The molecule has 2 atom stereocenters. The SMILES string of the molecule is NCC1CCN(c2ccc(S(=O)(=O)NC3CCNC3)c(S(N)(=O)=O)c2-c2nn[nH]n2)C(=O)C1. The summed E-state index contributed by atoms with van der Waals surface area (Å²) in [6, 6.07) is 2.09. The largest absolute Gasteiger partial charge is 0.330 e. The quantitative estimate of drug-likeness (QED) is 0.278. The van der Waals surface area contributed by atoms with Crippen LogP contribution < -0.4 is 25.8 Å². The summed E-state index contributed by atoms with van der Waals surface area (Å²) >= 11 is 0. The number of hydrogen-bond donors (Lipinski definition) is 5. The van der Waals surface area contributed by atoms with Crippen molar-refractivity contribution in [2.24, 2.45) is 16.8 Å². The second-order valence-corrected chi connectivity index (χ2v) is 11.2. The average Bonchev–Trinajstić information content (AvgIpc) is 3.46. The molecule has 4 rings (SSSR count). The van der Waals surface area contributed by atoms with Gasteiger partial charge in [-0.2, -0.15) is 5.21 Å². The Morgan fingerprint density at radius 1 is 1.21 bits per heavy atom. The highest BCUT2D eigenvalue weighted by atomic mass is 32.2. The summed E-state index contributed by atoms with van der Waals surface area (Å²) in [5.41, 5.74) is 5.61. The number of amides is 1. The minimum Gasteiger partial charge on any atom is -0.330 e. The Hall–Kier alpha value is -2.50. The van der Waals surface area contributed by atoms with Gasteiger partial charge in [0.15, 0.2) is 0 Å². The Labute approximate surface area is 190 Å². The van der Waals surface area contributed by atoms with Gasteiger partial charge in [0.1, 0.15) is 9.79 Å². The van der Waals surface area contributed by atoms with Gasteiger partial charge in [0.25, 0.3) is 0 Å². The molecular weight excluding hydrogens is 474 g/mol. The van der Waals surface area contributed by atoms with E-state index in [2.05, 4.69) is 30.7 Å². The molecule has 2 unspecified atom stereocenters. The van der Waals surface area contributed by atoms with Gasteiger partial charge >= 0.3 is 0 Å². The number of tetrazole rings is 1. The van der Waals surface area contributed by atoms with Crippen LogP contribution in [-0.4, -0.2) is 75.6 Å². The first-order valence-electron chi connectivity index (χ1n) is 10.3. The van der Waals surface area contributed by atoms with Gasteiger partial charge in [-0.15, -0.1) is 10.2 Å². The zero-order valence-electron chi connectivity index (χ0n) is 17.6. The molecule has 2 aromatic rings. The van der Waals surface area contributed by atoms with E-state index >= 15 is 0 Å². The molecular formula is C17H25N9O5S2. The standard InChI is InChI=1S/C17H25N9O5S2/c18-8-10-4-6-26(14(27)7-10)12-1-2-13(33(30,31)23-11-3-5-20-9-11)16(32(19,28)29)15(12)17-21-24-25-22-17/h1-2,10-11,20,23H,3-9,18H2,(H2,19,28,29)(H,21,22,24,25). The highest BCUT2D eigenvalue weighted by Crippen LogP contribution is 2.39. The van der Waals surface area contributed by atoms with E-state index in [0.717, 1.165) is 6.07 Å². The third kappa shape index (κ3) is 4.75. The van der Waals surface area contributed by atoms with Gasteiger partial charge < -0.3 is 16.0 Å². The van der Waals surface area contributed by atoms with Crippen LogP contribution in [0.4, 0.5) is 5.69 Å². The van der Waals surface area contributed by atoms with Crippen LogP contribution in [0.1, 0.15) is 19.3 Å². The fourth-order valence-corrected chi connectivity index (χ4v) is 7.01. The van der Waals surface area contributed by atoms with Crippen molar-refractivity contribution >= 4 is 31.6 Å². The van der Waals surface area contributed by atoms with Gasteiger partial charge in [0.2, 0.25) is 31.8 Å². The number of nitrogens with two attached hydrogens (primary N) is 2. The Morgan fingerprint density at radius 3 is 2.58 bits per heavy atom. The number of anilines is 1. The van der Waals surface area contributed by atoms with Gasteiger partial charge in [0.05, 0.1) is 11.3 Å². The maximum atomic E-state index is 13.2. The number of primary sulfonamides is 1. The second-order valence-electron chi connectivity index (χ2n) is 8.02. The van der Waals surface area contributed by atoms with Gasteiger partial charge in [-0.25, -0.2) is 26.7 Å². The van der Waals surface area contributed by atoms with Crippen LogP contribution in [0.15, 0.2) is 21.9 Å². The summed E-state index contributed by atoms with van der Waals surface area (Å²) < 4.78 is 54.4. The van der Waals surface area contributed by atoms with Gasteiger partial charge in [-0.1, -0.05) is 0 Å². The summed E-state index contributed by atoms with van der Waals surface area (Å²) in [7, 11) is -8.92. The van der Waals surface area contributed by atoms with Crippen LogP contribution in [0.3, 0.4) is 0 Å². The molecule has 1 amide bonds. The topological polar surface area (TPSA) is 219 Å². The molecule has 0 aliphatic carbocycles. The van der Waals surface area contributed by atoms with Crippen molar-refractivity contribution < 1.29 is 21.6 Å². The van der Waals surface area contributed by atoms with Crippen LogP contribution in [0, 0.1) is 5.92 Å². The van der Waals surface area contributed by atoms with Gasteiger partial charge in [-0.05, 0) is 49.2 Å². The van der Waals surface area contributed by atoms with Crippen molar-refractivity contribution in [3.63, 3.8) is 0 Å². The molecule has 0 bridgehead atoms. The highest BCUT2D eigenvalue weighted by molar-refractivity contribution is 7.92. The summed E-state index contributed by atoms with van der Waals surface area (Å²) in [6.45, 7) is 1.64. The van der Waals surface area contributed by atoms with E-state index < -0.39 is 35.9 Å². The number of benzene rings is 1. The van der Waals surface area contributed by atoms with Crippen molar-refractivity contribution in [1.82, 2.24) is 30.7 Å². The predicted octanol–water partition coefficient (Wildman–Crippen LogP) is -2.14. The number of aromatic amines is 1. The molecule has 180 valence electrons. The first kappa shape index (κ1) is 23.7. The molecule has 0 radical (unpaired) electrons. The number of rotatable bonds is 7. The van der Waals surface area contributed by atoms with Crippen molar-refractivity contribution in [3.05, 3.63) is 12.1 Å².